The Kier molecular flexibility index (Phi) is 4.76. The SMILES string of the molecule is c1ccc(-c2ccc(-c3nc(-c4cccc(Oc5ccccn5)c4)n[nH]3)cc2)cc1. The van der Waals surface area contributed by atoms with E-state index in [0.717, 1.165) is 17.0 Å². The molecule has 0 saturated carbocycles. The third-order valence-corrected chi connectivity index (χ3v) is 4.70. The molecule has 30 heavy (non-hydrogen) atoms. The van der Waals surface area contributed by atoms with E-state index in [4.69, 9.17) is 4.74 Å². The second kappa shape index (κ2) is 8.01. The highest BCUT2D eigenvalue weighted by Gasteiger charge is 2.09. The molecule has 0 unspecified atom stereocenters. The summed E-state index contributed by atoms with van der Waals surface area (Å²) in [6.45, 7) is 0. The molecule has 0 bridgehead atoms. The van der Waals surface area contributed by atoms with E-state index in [1.54, 1.807) is 6.20 Å². The van der Waals surface area contributed by atoms with Gasteiger partial charge in [-0.25, -0.2) is 9.97 Å². The molecule has 3 aromatic carbocycles. The first-order valence-electron chi connectivity index (χ1n) is 9.63. The quantitative estimate of drug-likeness (QED) is 0.400. The zero-order valence-electron chi connectivity index (χ0n) is 16.1. The lowest BCUT2D eigenvalue weighted by atomic mass is 10.0. The van der Waals surface area contributed by atoms with Gasteiger partial charge in [-0.1, -0.05) is 72.8 Å². The van der Waals surface area contributed by atoms with E-state index >= 15 is 0 Å². The summed E-state index contributed by atoms with van der Waals surface area (Å²) < 4.78 is 5.81. The van der Waals surface area contributed by atoms with Gasteiger partial charge in [0, 0.05) is 23.4 Å². The van der Waals surface area contributed by atoms with Crippen molar-refractivity contribution in [1.82, 2.24) is 20.2 Å². The minimum atomic E-state index is 0.545. The predicted octanol–water partition coefficient (Wildman–Crippen LogP) is 5.99. The van der Waals surface area contributed by atoms with E-state index < -0.39 is 0 Å². The Morgan fingerprint density at radius 3 is 2.17 bits per heavy atom. The van der Waals surface area contributed by atoms with Crippen LogP contribution in [0.4, 0.5) is 0 Å². The van der Waals surface area contributed by atoms with Crippen LogP contribution in [0.5, 0.6) is 11.6 Å². The molecule has 0 aliphatic rings. The van der Waals surface area contributed by atoms with Crippen molar-refractivity contribution < 1.29 is 4.74 Å². The van der Waals surface area contributed by atoms with Crippen LogP contribution < -0.4 is 4.74 Å². The van der Waals surface area contributed by atoms with E-state index in [-0.39, 0.29) is 0 Å². The Labute approximate surface area is 174 Å². The fourth-order valence-corrected chi connectivity index (χ4v) is 3.20. The Morgan fingerprint density at radius 2 is 1.37 bits per heavy atom. The van der Waals surface area contributed by atoms with Crippen molar-refractivity contribution in [3.8, 4) is 45.5 Å². The van der Waals surface area contributed by atoms with E-state index in [1.807, 2.05) is 72.8 Å². The largest absolute Gasteiger partial charge is 0.439 e. The van der Waals surface area contributed by atoms with Crippen molar-refractivity contribution in [1.29, 1.82) is 0 Å². The van der Waals surface area contributed by atoms with Crippen LogP contribution in [-0.2, 0) is 0 Å². The molecule has 144 valence electrons. The Balaban J connectivity index is 1.37. The molecular weight excluding hydrogens is 372 g/mol. The van der Waals surface area contributed by atoms with Crippen LogP contribution in [0.3, 0.4) is 0 Å². The average molecular weight is 390 g/mol. The lowest BCUT2D eigenvalue weighted by Gasteiger charge is -2.05. The summed E-state index contributed by atoms with van der Waals surface area (Å²) in [6, 6.07) is 31.8. The van der Waals surface area contributed by atoms with E-state index in [1.165, 1.54) is 11.1 Å². The van der Waals surface area contributed by atoms with Crippen molar-refractivity contribution in [3.63, 3.8) is 0 Å². The predicted molar refractivity (Wildman–Crippen MR) is 117 cm³/mol. The van der Waals surface area contributed by atoms with Gasteiger partial charge in [0.05, 0.1) is 0 Å². The van der Waals surface area contributed by atoms with Crippen molar-refractivity contribution in [2.24, 2.45) is 0 Å². The number of hydrogen-bond acceptors (Lipinski definition) is 4. The van der Waals surface area contributed by atoms with Gasteiger partial charge < -0.3 is 4.74 Å². The summed E-state index contributed by atoms with van der Waals surface area (Å²) in [6.07, 6.45) is 1.70. The van der Waals surface area contributed by atoms with Gasteiger partial charge in [0.1, 0.15) is 5.75 Å². The summed E-state index contributed by atoms with van der Waals surface area (Å²) in [7, 11) is 0. The molecule has 5 nitrogen and oxygen atoms in total. The molecular formula is C25H18N4O. The Bertz CT molecular complexity index is 1250. The molecule has 0 saturated heterocycles. The highest BCUT2D eigenvalue weighted by molar-refractivity contribution is 5.68. The fraction of sp³-hybridized carbons (Fsp3) is 0. The van der Waals surface area contributed by atoms with Gasteiger partial charge in [-0.3, -0.25) is 5.10 Å². The second-order valence-electron chi connectivity index (χ2n) is 6.75. The first kappa shape index (κ1) is 17.8. The van der Waals surface area contributed by atoms with Crippen LogP contribution in [0, 0.1) is 0 Å². The molecule has 1 N–H and O–H groups in total. The Hall–Kier alpha value is -4.25. The maximum absolute atomic E-state index is 5.81. The maximum atomic E-state index is 5.81. The van der Waals surface area contributed by atoms with Crippen LogP contribution in [0.2, 0.25) is 0 Å². The van der Waals surface area contributed by atoms with Gasteiger partial charge in [-0.05, 0) is 29.3 Å². The second-order valence-corrected chi connectivity index (χ2v) is 6.75. The number of benzene rings is 3. The van der Waals surface area contributed by atoms with Crippen LogP contribution in [0.1, 0.15) is 0 Å². The number of nitrogens with zero attached hydrogens (tertiary/aromatic N) is 3. The molecule has 0 aliphatic heterocycles. The molecule has 0 aliphatic carbocycles. The van der Waals surface area contributed by atoms with Crippen molar-refractivity contribution >= 4 is 0 Å². The monoisotopic (exact) mass is 390 g/mol. The average Bonchev–Trinajstić information content (AvgIpc) is 3.31. The number of ether oxygens (including phenoxy) is 1. The zero-order valence-corrected chi connectivity index (χ0v) is 16.1. The molecule has 0 amide bonds. The lowest BCUT2D eigenvalue weighted by molar-refractivity contribution is 0.463. The van der Waals surface area contributed by atoms with Gasteiger partial charge in [0.2, 0.25) is 5.88 Å². The normalized spacial score (nSPS) is 10.7. The number of nitrogens with one attached hydrogen (secondary N) is 1. The third kappa shape index (κ3) is 3.82. The molecule has 0 atom stereocenters. The number of aromatic amines is 1. The summed E-state index contributed by atoms with van der Waals surface area (Å²) in [4.78, 5) is 8.85. The highest BCUT2D eigenvalue weighted by Crippen LogP contribution is 2.27. The minimum absolute atomic E-state index is 0.545. The van der Waals surface area contributed by atoms with Crippen LogP contribution >= 0.6 is 0 Å². The summed E-state index contributed by atoms with van der Waals surface area (Å²) in [5.74, 6) is 2.57. The smallest absolute Gasteiger partial charge is 0.219 e. The van der Waals surface area contributed by atoms with Crippen molar-refractivity contribution in [2.75, 3.05) is 0 Å². The molecule has 2 aromatic heterocycles. The van der Waals surface area contributed by atoms with Gasteiger partial charge in [0.15, 0.2) is 11.6 Å². The number of aromatic nitrogens is 4. The zero-order chi connectivity index (χ0) is 20.2. The van der Waals surface area contributed by atoms with Gasteiger partial charge in [-0.15, -0.1) is 0 Å². The maximum Gasteiger partial charge on any atom is 0.219 e. The first-order valence-corrected chi connectivity index (χ1v) is 9.63. The van der Waals surface area contributed by atoms with E-state index in [9.17, 15) is 0 Å². The standard InChI is InChI=1S/C25H18N4O/c1-2-7-18(8-3-1)19-12-14-20(15-13-19)24-27-25(29-28-24)21-9-6-10-22(17-21)30-23-11-4-5-16-26-23/h1-17H,(H,27,28,29). The number of pyridine rings is 1. The molecule has 5 heteroatoms. The van der Waals surface area contributed by atoms with Gasteiger partial charge >= 0.3 is 0 Å². The van der Waals surface area contributed by atoms with Gasteiger partial charge in [-0.2, -0.15) is 5.10 Å². The number of H-pyrrole nitrogens is 1. The molecule has 2 heterocycles. The minimum Gasteiger partial charge on any atom is -0.439 e. The summed E-state index contributed by atoms with van der Waals surface area (Å²) >= 11 is 0. The van der Waals surface area contributed by atoms with E-state index in [2.05, 4.69) is 44.4 Å². The number of hydrogen-bond donors (Lipinski definition) is 1. The molecule has 0 fully saturated rings. The summed E-state index contributed by atoms with van der Waals surface area (Å²) in [5, 5.41) is 7.42. The van der Waals surface area contributed by atoms with Crippen LogP contribution in [0.15, 0.2) is 103 Å². The highest BCUT2D eigenvalue weighted by atomic mass is 16.5. The molecule has 5 rings (SSSR count). The molecule has 0 radical (unpaired) electrons. The molecule has 0 spiro atoms. The van der Waals surface area contributed by atoms with Gasteiger partial charge in [0.25, 0.3) is 0 Å². The fourth-order valence-electron chi connectivity index (χ4n) is 3.20. The topological polar surface area (TPSA) is 63.7 Å². The van der Waals surface area contributed by atoms with E-state index in [0.29, 0.717) is 17.5 Å². The molecule has 5 aromatic rings. The van der Waals surface area contributed by atoms with Crippen LogP contribution in [-0.4, -0.2) is 20.2 Å². The number of rotatable bonds is 5. The lowest BCUT2D eigenvalue weighted by Crippen LogP contribution is -1.88. The third-order valence-electron chi connectivity index (χ3n) is 4.70. The van der Waals surface area contributed by atoms with Crippen molar-refractivity contribution in [3.05, 3.63) is 103 Å². The van der Waals surface area contributed by atoms with Crippen LogP contribution in [0.25, 0.3) is 33.9 Å². The Morgan fingerprint density at radius 1 is 0.633 bits per heavy atom. The summed E-state index contributed by atoms with van der Waals surface area (Å²) in [5.41, 5.74) is 4.20. The van der Waals surface area contributed by atoms with Crippen molar-refractivity contribution in [2.45, 2.75) is 0 Å². The first-order chi connectivity index (χ1) is 14.8.